The van der Waals surface area contributed by atoms with Crippen molar-refractivity contribution >= 4 is 11.6 Å². The molecule has 2 N–H and O–H groups in total. The minimum Gasteiger partial charge on any atom is -0.502 e. The summed E-state index contributed by atoms with van der Waals surface area (Å²) in [5.41, 5.74) is 2.74. The molecule has 2 aliphatic rings. The number of likely N-dealkylation sites (tertiary alicyclic amines) is 2. The van der Waals surface area contributed by atoms with Gasteiger partial charge >= 0.3 is 0 Å². The van der Waals surface area contributed by atoms with Gasteiger partial charge in [0.1, 0.15) is 0 Å². The summed E-state index contributed by atoms with van der Waals surface area (Å²) < 4.78 is 5.18. The number of nitrogens with one attached hydrogen (secondary N) is 1. The van der Waals surface area contributed by atoms with Crippen LogP contribution in [0.25, 0.3) is 0 Å². The Morgan fingerprint density at radius 1 is 0.971 bits per heavy atom. The Morgan fingerprint density at radius 3 is 2.20 bits per heavy atom. The number of benzene rings is 2. The fraction of sp³-hybridized carbons (Fsp3) is 0.286. The molecule has 3 aromatic rings. The van der Waals surface area contributed by atoms with E-state index in [1.165, 1.54) is 12.3 Å². The predicted molar refractivity (Wildman–Crippen MR) is 133 cm³/mol. The highest BCUT2D eigenvalue weighted by molar-refractivity contribution is 5.94. The van der Waals surface area contributed by atoms with Gasteiger partial charge in [-0.25, -0.2) is 0 Å². The minimum atomic E-state index is -0.470. The third kappa shape index (κ3) is 5.08. The van der Waals surface area contributed by atoms with Gasteiger partial charge < -0.3 is 24.6 Å². The molecule has 2 atom stereocenters. The topological polar surface area (TPSA) is 86.0 Å². The number of anilines is 1. The molecule has 0 saturated carbocycles. The zero-order valence-corrected chi connectivity index (χ0v) is 19.5. The number of fused-ring (bicyclic) bond motifs is 1. The van der Waals surface area contributed by atoms with E-state index in [4.69, 9.17) is 4.42 Å². The van der Waals surface area contributed by atoms with E-state index in [2.05, 4.69) is 29.1 Å². The molecule has 2 aliphatic heterocycles. The lowest BCUT2D eigenvalue weighted by atomic mass is 10.0. The molecule has 7 heteroatoms. The number of aromatic hydroxyl groups is 1. The van der Waals surface area contributed by atoms with Crippen LogP contribution in [-0.4, -0.2) is 54.0 Å². The van der Waals surface area contributed by atoms with Crippen LogP contribution in [0.15, 0.2) is 70.1 Å². The van der Waals surface area contributed by atoms with Crippen molar-refractivity contribution in [3.05, 3.63) is 93.5 Å². The second-order valence-corrected chi connectivity index (χ2v) is 9.27. The van der Waals surface area contributed by atoms with Crippen LogP contribution in [0.4, 0.5) is 5.69 Å². The lowest BCUT2D eigenvalue weighted by molar-refractivity contribution is 0.0776. The van der Waals surface area contributed by atoms with Gasteiger partial charge in [-0.2, -0.15) is 0 Å². The zero-order valence-electron chi connectivity index (χ0n) is 19.5. The van der Waals surface area contributed by atoms with E-state index in [1.807, 2.05) is 53.4 Å². The van der Waals surface area contributed by atoms with Gasteiger partial charge in [-0.1, -0.05) is 11.8 Å². The van der Waals surface area contributed by atoms with Crippen LogP contribution in [-0.2, 0) is 6.54 Å². The third-order valence-electron chi connectivity index (χ3n) is 6.70. The molecule has 2 unspecified atom stereocenters. The second kappa shape index (κ2) is 9.69. The van der Waals surface area contributed by atoms with Gasteiger partial charge in [0.05, 0.1) is 12.8 Å². The average molecular weight is 470 g/mol. The average Bonchev–Trinajstić information content (AvgIpc) is 3.42. The van der Waals surface area contributed by atoms with Crippen molar-refractivity contribution in [1.29, 1.82) is 0 Å². The first-order valence-corrected chi connectivity index (χ1v) is 11.7. The molecule has 2 fully saturated rings. The maximum Gasteiger partial charge on any atom is 0.253 e. The first kappa shape index (κ1) is 22.8. The Hall–Kier alpha value is -4.02. The smallest absolute Gasteiger partial charge is 0.253 e. The van der Waals surface area contributed by atoms with Crippen molar-refractivity contribution in [3.8, 4) is 17.6 Å². The Balaban J connectivity index is 1.17. The molecule has 2 aromatic carbocycles. The van der Waals surface area contributed by atoms with E-state index in [0.29, 0.717) is 17.4 Å². The molecule has 1 aromatic heterocycles. The molecule has 0 spiro atoms. The van der Waals surface area contributed by atoms with E-state index in [9.17, 15) is 14.7 Å². The maximum atomic E-state index is 12.9. The molecule has 1 amide bonds. The van der Waals surface area contributed by atoms with E-state index < -0.39 is 5.43 Å². The van der Waals surface area contributed by atoms with Crippen LogP contribution in [0.1, 0.15) is 27.2 Å². The highest BCUT2D eigenvalue weighted by Crippen LogP contribution is 2.31. The van der Waals surface area contributed by atoms with Crippen molar-refractivity contribution in [2.75, 3.05) is 38.5 Å². The van der Waals surface area contributed by atoms with Crippen molar-refractivity contribution in [2.24, 2.45) is 11.8 Å². The molecule has 3 heterocycles. The van der Waals surface area contributed by atoms with Crippen molar-refractivity contribution in [3.63, 3.8) is 0 Å². The molecule has 2 saturated heterocycles. The van der Waals surface area contributed by atoms with Gasteiger partial charge in [0, 0.05) is 54.6 Å². The van der Waals surface area contributed by atoms with Gasteiger partial charge in [-0.05, 0) is 67.4 Å². The highest BCUT2D eigenvalue weighted by Gasteiger charge is 2.40. The first-order chi connectivity index (χ1) is 17.0. The second-order valence-electron chi connectivity index (χ2n) is 9.27. The van der Waals surface area contributed by atoms with Gasteiger partial charge in [-0.15, -0.1) is 0 Å². The Labute approximate surface area is 204 Å². The zero-order chi connectivity index (χ0) is 24.4. The Bertz CT molecular complexity index is 1320. The number of hydrogen-bond donors (Lipinski definition) is 2. The molecule has 178 valence electrons. The molecule has 0 radical (unpaired) electrons. The fourth-order valence-electron chi connectivity index (χ4n) is 4.85. The summed E-state index contributed by atoms with van der Waals surface area (Å²) in [5, 5.41) is 12.9. The highest BCUT2D eigenvalue weighted by atomic mass is 16.4. The maximum absolute atomic E-state index is 12.9. The molecule has 7 nitrogen and oxygen atoms in total. The Morgan fingerprint density at radius 2 is 1.57 bits per heavy atom. The largest absolute Gasteiger partial charge is 0.502 e. The summed E-state index contributed by atoms with van der Waals surface area (Å²) in [7, 11) is 2.15. The summed E-state index contributed by atoms with van der Waals surface area (Å²) in [6, 6.07) is 16.2. The summed E-state index contributed by atoms with van der Waals surface area (Å²) in [6.45, 7) is 4.04. The van der Waals surface area contributed by atoms with Gasteiger partial charge in [0.25, 0.3) is 5.91 Å². The van der Waals surface area contributed by atoms with E-state index in [1.54, 1.807) is 0 Å². The summed E-state index contributed by atoms with van der Waals surface area (Å²) >= 11 is 0. The molecular formula is C28H27N3O4. The number of nitrogens with zero attached hydrogens (tertiary/aromatic N) is 2. The number of carbonyl (C=O) groups is 1. The molecular weight excluding hydrogens is 442 g/mol. The Kier molecular flexibility index (Phi) is 6.30. The molecule has 0 bridgehead atoms. The van der Waals surface area contributed by atoms with Crippen molar-refractivity contribution in [1.82, 2.24) is 9.80 Å². The van der Waals surface area contributed by atoms with E-state index in [-0.39, 0.29) is 24.0 Å². The molecule has 5 rings (SSSR count). The minimum absolute atomic E-state index is 0.104. The van der Waals surface area contributed by atoms with E-state index in [0.717, 1.165) is 43.0 Å². The van der Waals surface area contributed by atoms with Crippen LogP contribution in [0.5, 0.6) is 5.75 Å². The summed E-state index contributed by atoms with van der Waals surface area (Å²) in [5.74, 6) is 7.38. The lowest BCUT2D eigenvalue weighted by Crippen LogP contribution is -2.32. The number of rotatable bonds is 4. The first-order valence-electron chi connectivity index (χ1n) is 11.7. The monoisotopic (exact) mass is 469 g/mol. The predicted octanol–water partition coefficient (Wildman–Crippen LogP) is 2.99. The quantitative estimate of drug-likeness (QED) is 0.572. The van der Waals surface area contributed by atoms with Crippen LogP contribution in [0.2, 0.25) is 0 Å². The van der Waals surface area contributed by atoms with E-state index >= 15 is 0 Å². The van der Waals surface area contributed by atoms with Gasteiger partial charge in [-0.3, -0.25) is 9.59 Å². The van der Waals surface area contributed by atoms with Gasteiger partial charge in [0.15, 0.2) is 5.76 Å². The summed E-state index contributed by atoms with van der Waals surface area (Å²) in [6.07, 6.45) is 1.26. The standard InChI is InChI=1S/C28H27N3O4/c1-30-15-22-17-31(18-23(22)16-30)28(34)21-8-4-19(5-9-21)2-3-20-6-10-24(11-7-20)29-14-26-27(33)25(32)12-13-35-26/h4-13,22-23,29,33H,14-18H2,1H3. The number of carbonyl (C=O) groups excluding carboxylic acids is 1. The fourth-order valence-corrected chi connectivity index (χ4v) is 4.85. The molecule has 0 aliphatic carbocycles. The third-order valence-corrected chi connectivity index (χ3v) is 6.70. The number of amides is 1. The van der Waals surface area contributed by atoms with Crippen LogP contribution in [0.3, 0.4) is 0 Å². The van der Waals surface area contributed by atoms with Crippen molar-refractivity contribution < 1.29 is 14.3 Å². The molecule has 35 heavy (non-hydrogen) atoms. The SMILES string of the molecule is CN1CC2CN(C(=O)c3ccc(C#Cc4ccc(NCc5occc(=O)c5O)cc4)cc3)CC2C1. The normalized spacial score (nSPS) is 19.2. The summed E-state index contributed by atoms with van der Waals surface area (Å²) in [4.78, 5) is 28.7. The van der Waals surface area contributed by atoms with Crippen molar-refractivity contribution in [2.45, 2.75) is 6.54 Å². The van der Waals surface area contributed by atoms with Crippen LogP contribution in [0, 0.1) is 23.7 Å². The van der Waals surface area contributed by atoms with Crippen LogP contribution < -0.4 is 10.7 Å². The number of hydrogen-bond acceptors (Lipinski definition) is 6. The van der Waals surface area contributed by atoms with Crippen LogP contribution >= 0.6 is 0 Å². The van der Waals surface area contributed by atoms with Gasteiger partial charge in [0.2, 0.25) is 11.2 Å². The lowest BCUT2D eigenvalue weighted by Gasteiger charge is -2.19.